The molecule has 2 rings (SSSR count). The Labute approximate surface area is 115 Å². The van der Waals surface area contributed by atoms with E-state index in [-0.39, 0.29) is 17.4 Å². The Hall–Kier alpha value is -1.35. The first-order chi connectivity index (χ1) is 9.00. The second-order valence-electron chi connectivity index (χ2n) is 5.94. The zero-order valence-corrected chi connectivity index (χ0v) is 12.1. The van der Waals surface area contributed by atoms with Crippen LogP contribution in [0.2, 0.25) is 0 Å². The third kappa shape index (κ3) is 3.35. The van der Waals surface area contributed by atoms with Crippen LogP contribution in [0.15, 0.2) is 30.3 Å². The number of carbonyl (C=O) groups is 1. The highest BCUT2D eigenvalue weighted by molar-refractivity contribution is 5.78. The van der Waals surface area contributed by atoms with Gasteiger partial charge in [0.05, 0.1) is 19.3 Å². The molecule has 1 aliphatic heterocycles. The van der Waals surface area contributed by atoms with Gasteiger partial charge in [-0.25, -0.2) is 0 Å². The number of rotatable bonds is 3. The maximum absolute atomic E-state index is 12.5. The van der Waals surface area contributed by atoms with Gasteiger partial charge in [0.15, 0.2) is 0 Å². The van der Waals surface area contributed by atoms with Crippen molar-refractivity contribution in [1.29, 1.82) is 0 Å². The molecule has 0 spiro atoms. The van der Waals surface area contributed by atoms with Gasteiger partial charge >= 0.3 is 0 Å². The van der Waals surface area contributed by atoms with Gasteiger partial charge in [0.1, 0.15) is 0 Å². The molecular weight excluding hydrogens is 238 g/mol. The van der Waals surface area contributed by atoms with E-state index in [2.05, 4.69) is 26.0 Å². The molecule has 1 heterocycles. The highest BCUT2D eigenvalue weighted by Gasteiger charge is 2.30. The minimum absolute atomic E-state index is 0.129. The Morgan fingerprint density at radius 2 is 2.05 bits per heavy atom. The molecule has 19 heavy (non-hydrogen) atoms. The first-order valence-corrected chi connectivity index (χ1v) is 6.93. The van der Waals surface area contributed by atoms with Crippen molar-refractivity contribution in [3.63, 3.8) is 0 Å². The molecule has 0 aliphatic carbocycles. The minimum atomic E-state index is -0.129. The molecule has 1 atom stereocenters. The van der Waals surface area contributed by atoms with Crippen LogP contribution in [0.25, 0.3) is 0 Å². The quantitative estimate of drug-likeness (QED) is 0.837. The van der Waals surface area contributed by atoms with Gasteiger partial charge in [-0.3, -0.25) is 4.79 Å². The van der Waals surface area contributed by atoms with Crippen LogP contribution >= 0.6 is 0 Å². The number of ether oxygens (including phenoxy) is 1. The summed E-state index contributed by atoms with van der Waals surface area (Å²) in [6, 6.07) is 10.4. The number of benzene rings is 1. The highest BCUT2D eigenvalue weighted by atomic mass is 16.5. The van der Waals surface area contributed by atoms with Gasteiger partial charge in [-0.1, -0.05) is 44.2 Å². The largest absolute Gasteiger partial charge is 0.377 e. The van der Waals surface area contributed by atoms with Crippen molar-refractivity contribution in [2.75, 3.05) is 19.8 Å². The molecule has 3 nitrogen and oxygen atoms in total. The first-order valence-electron chi connectivity index (χ1n) is 6.93. The van der Waals surface area contributed by atoms with E-state index >= 15 is 0 Å². The van der Waals surface area contributed by atoms with Gasteiger partial charge in [-0.2, -0.15) is 0 Å². The second-order valence-corrected chi connectivity index (χ2v) is 5.94. The van der Waals surface area contributed by atoms with Crippen molar-refractivity contribution in [3.05, 3.63) is 35.9 Å². The normalized spacial score (nSPS) is 20.4. The number of hydrogen-bond acceptors (Lipinski definition) is 2. The van der Waals surface area contributed by atoms with Crippen LogP contribution in [0, 0.1) is 0 Å². The second kappa shape index (κ2) is 5.74. The van der Waals surface area contributed by atoms with Gasteiger partial charge < -0.3 is 9.64 Å². The summed E-state index contributed by atoms with van der Waals surface area (Å²) in [5, 5.41) is 0. The lowest BCUT2D eigenvalue weighted by Crippen LogP contribution is -2.48. The fourth-order valence-electron chi connectivity index (χ4n) is 2.57. The standard InChI is InChI=1S/C16H23NO2/c1-13-12-19-10-9-17(13)15(18)11-16(2,3)14-7-5-4-6-8-14/h4-8,13H,9-12H2,1-3H3. The predicted octanol–water partition coefficient (Wildman–Crippen LogP) is 2.60. The fourth-order valence-corrected chi connectivity index (χ4v) is 2.57. The van der Waals surface area contributed by atoms with Crippen molar-refractivity contribution in [2.24, 2.45) is 0 Å². The molecule has 0 N–H and O–H groups in total. The molecule has 0 radical (unpaired) electrons. The molecule has 104 valence electrons. The van der Waals surface area contributed by atoms with E-state index in [0.29, 0.717) is 26.2 Å². The van der Waals surface area contributed by atoms with E-state index in [4.69, 9.17) is 4.74 Å². The van der Waals surface area contributed by atoms with Crippen LogP contribution in [0.4, 0.5) is 0 Å². The van der Waals surface area contributed by atoms with Crippen LogP contribution < -0.4 is 0 Å². The Bertz CT molecular complexity index is 428. The van der Waals surface area contributed by atoms with Crippen molar-refractivity contribution in [3.8, 4) is 0 Å². The number of hydrogen-bond donors (Lipinski definition) is 0. The molecule has 0 bridgehead atoms. The smallest absolute Gasteiger partial charge is 0.223 e. The third-order valence-electron chi connectivity index (χ3n) is 3.84. The summed E-state index contributed by atoms with van der Waals surface area (Å²) in [5.41, 5.74) is 1.08. The number of nitrogens with zero attached hydrogens (tertiary/aromatic N) is 1. The van der Waals surface area contributed by atoms with Crippen LogP contribution in [-0.2, 0) is 14.9 Å². The van der Waals surface area contributed by atoms with E-state index in [0.717, 1.165) is 0 Å². The highest BCUT2D eigenvalue weighted by Crippen LogP contribution is 2.28. The Morgan fingerprint density at radius 3 is 2.68 bits per heavy atom. The number of carbonyl (C=O) groups excluding carboxylic acids is 1. The fraction of sp³-hybridized carbons (Fsp3) is 0.562. The van der Waals surface area contributed by atoms with E-state index in [1.807, 2.05) is 30.0 Å². The Balaban J connectivity index is 2.05. The van der Waals surface area contributed by atoms with E-state index in [9.17, 15) is 4.79 Å². The summed E-state index contributed by atoms with van der Waals surface area (Å²) in [5.74, 6) is 0.227. The summed E-state index contributed by atoms with van der Waals surface area (Å²) in [6.07, 6.45) is 0.543. The average Bonchev–Trinajstić information content (AvgIpc) is 2.39. The minimum Gasteiger partial charge on any atom is -0.377 e. The molecule has 1 saturated heterocycles. The van der Waals surface area contributed by atoms with E-state index < -0.39 is 0 Å². The molecule has 1 unspecified atom stereocenters. The summed E-state index contributed by atoms with van der Waals surface area (Å²) < 4.78 is 5.38. The Kier molecular flexibility index (Phi) is 4.25. The first kappa shape index (κ1) is 14.1. The molecule has 3 heteroatoms. The average molecular weight is 261 g/mol. The lowest BCUT2D eigenvalue weighted by Gasteiger charge is -2.36. The van der Waals surface area contributed by atoms with E-state index in [1.54, 1.807) is 0 Å². The number of amides is 1. The SMILES string of the molecule is CC1COCCN1C(=O)CC(C)(C)c1ccccc1. The summed E-state index contributed by atoms with van der Waals surface area (Å²) in [4.78, 5) is 14.4. The molecule has 1 amide bonds. The summed E-state index contributed by atoms with van der Waals surface area (Å²) >= 11 is 0. The maximum Gasteiger partial charge on any atom is 0.223 e. The van der Waals surface area contributed by atoms with Crippen molar-refractivity contribution < 1.29 is 9.53 Å². The molecule has 1 fully saturated rings. The summed E-state index contributed by atoms with van der Waals surface area (Å²) in [6.45, 7) is 8.33. The molecule has 1 aliphatic rings. The number of morpholine rings is 1. The third-order valence-corrected chi connectivity index (χ3v) is 3.84. The topological polar surface area (TPSA) is 29.5 Å². The van der Waals surface area contributed by atoms with Crippen molar-refractivity contribution in [2.45, 2.75) is 38.6 Å². The van der Waals surface area contributed by atoms with E-state index in [1.165, 1.54) is 5.56 Å². The molecule has 1 aromatic carbocycles. The van der Waals surface area contributed by atoms with Crippen molar-refractivity contribution >= 4 is 5.91 Å². The molecule has 0 aromatic heterocycles. The summed E-state index contributed by atoms with van der Waals surface area (Å²) in [7, 11) is 0. The van der Waals surface area contributed by atoms with Crippen molar-refractivity contribution in [1.82, 2.24) is 4.90 Å². The van der Waals surface area contributed by atoms with Crippen LogP contribution in [0.1, 0.15) is 32.8 Å². The zero-order chi connectivity index (χ0) is 13.9. The lowest BCUT2D eigenvalue weighted by atomic mass is 9.81. The van der Waals surface area contributed by atoms with Crippen LogP contribution in [-0.4, -0.2) is 36.6 Å². The zero-order valence-electron chi connectivity index (χ0n) is 12.1. The van der Waals surface area contributed by atoms with Crippen LogP contribution in [0.3, 0.4) is 0 Å². The Morgan fingerprint density at radius 1 is 1.37 bits per heavy atom. The molecule has 0 saturated carbocycles. The van der Waals surface area contributed by atoms with Gasteiger partial charge in [-0.05, 0) is 17.9 Å². The maximum atomic E-state index is 12.5. The van der Waals surface area contributed by atoms with Crippen LogP contribution in [0.5, 0.6) is 0 Å². The van der Waals surface area contributed by atoms with Gasteiger partial charge in [0.2, 0.25) is 5.91 Å². The monoisotopic (exact) mass is 261 g/mol. The molecular formula is C16H23NO2. The predicted molar refractivity (Wildman–Crippen MR) is 76.1 cm³/mol. The van der Waals surface area contributed by atoms with Gasteiger partial charge in [-0.15, -0.1) is 0 Å². The van der Waals surface area contributed by atoms with Gasteiger partial charge in [0, 0.05) is 13.0 Å². The van der Waals surface area contributed by atoms with Gasteiger partial charge in [0.25, 0.3) is 0 Å². The lowest BCUT2D eigenvalue weighted by molar-refractivity contribution is -0.140. The molecule has 1 aromatic rings.